The lowest BCUT2D eigenvalue weighted by molar-refractivity contribution is -0.133. The normalized spacial score (nSPS) is 22.1. The van der Waals surface area contributed by atoms with Crippen LogP contribution in [-0.4, -0.2) is 71.4 Å². The summed E-state index contributed by atoms with van der Waals surface area (Å²) in [6.45, 7) is 7.20. The molecule has 158 valence electrons. The Balaban J connectivity index is 1.42. The highest BCUT2D eigenvalue weighted by molar-refractivity contribution is 5.86. The molecule has 0 unspecified atom stereocenters. The summed E-state index contributed by atoms with van der Waals surface area (Å²) in [6.07, 6.45) is 8.45. The number of carbonyl (C=O) groups excluding carboxylic acids is 2. The average Bonchev–Trinajstić information content (AvgIpc) is 3.45. The Morgan fingerprint density at radius 1 is 1.03 bits per heavy atom. The maximum atomic E-state index is 13.3. The van der Waals surface area contributed by atoms with Crippen molar-refractivity contribution in [2.75, 3.05) is 44.2 Å². The van der Waals surface area contributed by atoms with E-state index in [1.165, 1.54) is 12.8 Å². The molecule has 7 heteroatoms. The molecule has 2 saturated heterocycles. The number of nitrogens with zero attached hydrogens (tertiary/aromatic N) is 4. The molecule has 0 bridgehead atoms. The molecular weight excluding hydrogens is 366 g/mol. The zero-order chi connectivity index (χ0) is 20.3. The molecule has 4 rings (SSSR count). The third kappa shape index (κ3) is 4.10. The van der Waals surface area contributed by atoms with Gasteiger partial charge >= 0.3 is 0 Å². The molecule has 2 aliphatic heterocycles. The van der Waals surface area contributed by atoms with Crippen LogP contribution >= 0.6 is 0 Å². The van der Waals surface area contributed by atoms with Crippen LogP contribution in [-0.2, 0) is 16.1 Å². The molecule has 0 radical (unpaired) electrons. The highest BCUT2D eigenvalue weighted by Crippen LogP contribution is 2.37. The van der Waals surface area contributed by atoms with E-state index in [-0.39, 0.29) is 17.4 Å². The molecule has 0 aromatic carbocycles. The molecule has 0 atom stereocenters. The van der Waals surface area contributed by atoms with Crippen molar-refractivity contribution in [1.29, 1.82) is 0 Å². The van der Waals surface area contributed by atoms with Crippen LogP contribution in [0.5, 0.6) is 0 Å². The van der Waals surface area contributed by atoms with Crippen LogP contribution in [0.4, 0.5) is 5.82 Å². The average molecular weight is 400 g/mol. The predicted octanol–water partition coefficient (Wildman–Crippen LogP) is 1.77. The molecule has 7 nitrogen and oxygen atoms in total. The molecule has 1 N–H and O–H groups in total. The first-order valence-corrected chi connectivity index (χ1v) is 11.1. The zero-order valence-electron chi connectivity index (χ0n) is 17.5. The van der Waals surface area contributed by atoms with Gasteiger partial charge < -0.3 is 15.1 Å². The fourth-order valence-corrected chi connectivity index (χ4v) is 5.22. The molecule has 1 aromatic heterocycles. The van der Waals surface area contributed by atoms with Gasteiger partial charge in [-0.25, -0.2) is 4.98 Å². The number of hydrogen-bond acceptors (Lipinski definition) is 5. The lowest BCUT2D eigenvalue weighted by Gasteiger charge is -2.37. The molecule has 2 amide bonds. The first-order valence-electron chi connectivity index (χ1n) is 11.1. The fourth-order valence-electron chi connectivity index (χ4n) is 5.22. The van der Waals surface area contributed by atoms with E-state index in [1.807, 2.05) is 11.0 Å². The minimum Gasteiger partial charge on any atom is -0.353 e. The zero-order valence-corrected chi connectivity index (χ0v) is 17.5. The Morgan fingerprint density at radius 3 is 2.38 bits per heavy atom. The van der Waals surface area contributed by atoms with Gasteiger partial charge in [-0.05, 0) is 44.8 Å². The van der Waals surface area contributed by atoms with Crippen molar-refractivity contribution >= 4 is 17.6 Å². The summed E-state index contributed by atoms with van der Waals surface area (Å²) in [4.78, 5) is 36.0. The highest BCUT2D eigenvalue weighted by atomic mass is 16.2. The number of carbonyl (C=O) groups is 2. The van der Waals surface area contributed by atoms with Crippen LogP contribution in [0.25, 0.3) is 0 Å². The van der Waals surface area contributed by atoms with Crippen molar-refractivity contribution in [3.05, 3.63) is 23.9 Å². The van der Waals surface area contributed by atoms with Gasteiger partial charge in [-0.3, -0.25) is 14.5 Å². The summed E-state index contributed by atoms with van der Waals surface area (Å²) >= 11 is 0. The Morgan fingerprint density at radius 2 is 1.72 bits per heavy atom. The monoisotopic (exact) mass is 399 g/mol. The van der Waals surface area contributed by atoms with Gasteiger partial charge in [0.05, 0.1) is 0 Å². The number of anilines is 1. The predicted molar refractivity (Wildman–Crippen MR) is 113 cm³/mol. The number of hydrogen-bond donors (Lipinski definition) is 1. The van der Waals surface area contributed by atoms with Gasteiger partial charge in [0, 0.05) is 51.4 Å². The van der Waals surface area contributed by atoms with Crippen LogP contribution in [0.3, 0.4) is 0 Å². The molecule has 1 aliphatic carbocycles. The van der Waals surface area contributed by atoms with Crippen LogP contribution < -0.4 is 10.2 Å². The summed E-state index contributed by atoms with van der Waals surface area (Å²) in [7, 11) is 0. The van der Waals surface area contributed by atoms with Gasteiger partial charge in [0.2, 0.25) is 11.8 Å². The maximum Gasteiger partial charge on any atom is 0.240 e. The van der Waals surface area contributed by atoms with E-state index in [4.69, 9.17) is 0 Å². The number of piperazine rings is 1. The van der Waals surface area contributed by atoms with E-state index in [0.717, 1.165) is 76.3 Å². The highest BCUT2D eigenvalue weighted by Gasteiger charge is 2.46. The van der Waals surface area contributed by atoms with Crippen molar-refractivity contribution < 1.29 is 9.59 Å². The first-order chi connectivity index (χ1) is 14.1. The Labute approximate surface area is 173 Å². The lowest BCUT2D eigenvalue weighted by Crippen LogP contribution is -2.56. The van der Waals surface area contributed by atoms with Gasteiger partial charge in [0.1, 0.15) is 11.4 Å². The smallest absolute Gasteiger partial charge is 0.240 e. The van der Waals surface area contributed by atoms with E-state index < -0.39 is 0 Å². The van der Waals surface area contributed by atoms with Crippen molar-refractivity contribution in [1.82, 2.24) is 20.1 Å². The third-order valence-corrected chi connectivity index (χ3v) is 6.90. The molecule has 3 fully saturated rings. The van der Waals surface area contributed by atoms with Crippen LogP contribution in [0.2, 0.25) is 0 Å². The maximum absolute atomic E-state index is 13.3. The molecule has 1 aromatic rings. The molecular formula is C22H33N5O2. The second-order valence-corrected chi connectivity index (χ2v) is 8.59. The number of pyridine rings is 1. The van der Waals surface area contributed by atoms with Crippen molar-refractivity contribution in [2.24, 2.45) is 0 Å². The molecule has 3 aliphatic rings. The van der Waals surface area contributed by atoms with Crippen molar-refractivity contribution in [3.63, 3.8) is 0 Å². The third-order valence-electron chi connectivity index (χ3n) is 6.90. The Kier molecular flexibility index (Phi) is 6.04. The van der Waals surface area contributed by atoms with Gasteiger partial charge in [0.15, 0.2) is 0 Å². The van der Waals surface area contributed by atoms with Gasteiger partial charge in [-0.1, -0.05) is 18.9 Å². The summed E-state index contributed by atoms with van der Waals surface area (Å²) in [5, 5.41) is 3.25. The number of nitrogens with one attached hydrogen (secondary N) is 1. The summed E-state index contributed by atoms with van der Waals surface area (Å²) in [6, 6.07) is 3.99. The summed E-state index contributed by atoms with van der Waals surface area (Å²) in [5.74, 6) is 1.24. The van der Waals surface area contributed by atoms with Gasteiger partial charge in [-0.2, -0.15) is 0 Å². The van der Waals surface area contributed by atoms with E-state index in [2.05, 4.69) is 26.2 Å². The van der Waals surface area contributed by atoms with Gasteiger partial charge in [-0.15, -0.1) is 0 Å². The summed E-state index contributed by atoms with van der Waals surface area (Å²) in [5.41, 5.74) is 0.748. The van der Waals surface area contributed by atoms with Crippen LogP contribution in [0.1, 0.15) is 51.0 Å². The standard InChI is InChI=1S/C22H33N5O2/c1-18(28)25-13-15-26(16-14-25)20-19(7-6-10-23-20)17-24-21(29)22(8-2-3-9-22)27-11-4-5-12-27/h6-7,10H,2-5,8-9,11-17H2,1H3,(H,24,29). The quantitative estimate of drug-likeness (QED) is 0.817. The van der Waals surface area contributed by atoms with E-state index in [1.54, 1.807) is 13.1 Å². The van der Waals surface area contributed by atoms with E-state index in [9.17, 15) is 9.59 Å². The van der Waals surface area contributed by atoms with Gasteiger partial charge in [0.25, 0.3) is 0 Å². The Hall–Kier alpha value is -2.15. The SMILES string of the molecule is CC(=O)N1CCN(c2ncccc2CNC(=O)C2(N3CCCC3)CCCC2)CC1. The van der Waals surface area contributed by atoms with Crippen LogP contribution in [0.15, 0.2) is 18.3 Å². The first kappa shape index (κ1) is 20.1. The number of aromatic nitrogens is 1. The van der Waals surface area contributed by atoms with Crippen molar-refractivity contribution in [2.45, 2.75) is 57.5 Å². The molecule has 3 heterocycles. The van der Waals surface area contributed by atoms with Crippen LogP contribution in [0, 0.1) is 0 Å². The number of likely N-dealkylation sites (tertiary alicyclic amines) is 1. The largest absolute Gasteiger partial charge is 0.353 e. The number of rotatable bonds is 5. The topological polar surface area (TPSA) is 68.8 Å². The second-order valence-electron chi connectivity index (χ2n) is 8.59. The number of amides is 2. The molecule has 29 heavy (non-hydrogen) atoms. The van der Waals surface area contributed by atoms with E-state index in [0.29, 0.717) is 6.54 Å². The minimum atomic E-state index is -0.300. The molecule has 0 spiro atoms. The van der Waals surface area contributed by atoms with E-state index >= 15 is 0 Å². The Bertz CT molecular complexity index is 732. The van der Waals surface area contributed by atoms with Crippen molar-refractivity contribution in [3.8, 4) is 0 Å². The molecule has 1 saturated carbocycles. The minimum absolute atomic E-state index is 0.127. The second kappa shape index (κ2) is 8.69. The summed E-state index contributed by atoms with van der Waals surface area (Å²) < 4.78 is 0. The fraction of sp³-hybridized carbons (Fsp3) is 0.682. The lowest BCUT2D eigenvalue weighted by atomic mass is 9.94.